The summed E-state index contributed by atoms with van der Waals surface area (Å²) in [6, 6.07) is 0.412. The van der Waals surface area contributed by atoms with Gasteiger partial charge in [0.15, 0.2) is 0 Å². The van der Waals surface area contributed by atoms with E-state index in [1.807, 2.05) is 5.38 Å². The van der Waals surface area contributed by atoms with Crippen LogP contribution >= 0.6 is 11.3 Å². The van der Waals surface area contributed by atoms with Gasteiger partial charge in [-0.2, -0.15) is 0 Å². The first-order valence-corrected chi connectivity index (χ1v) is 9.73. The number of hydrogen-bond donors (Lipinski definition) is 1. The number of rotatable bonds is 4. The van der Waals surface area contributed by atoms with Gasteiger partial charge >= 0.3 is 5.97 Å². The third kappa shape index (κ3) is 3.07. The predicted octanol–water partition coefficient (Wildman–Crippen LogP) is 0.710. The number of carbonyl (C=O) groups excluding carboxylic acids is 1. The highest BCUT2D eigenvalue weighted by atomic mass is 32.1. The molecule has 0 aliphatic carbocycles. The minimum absolute atomic E-state index is 0.00669. The third-order valence-corrected chi connectivity index (χ3v) is 6.57. The summed E-state index contributed by atoms with van der Waals surface area (Å²) in [4.78, 5) is 32.9. The van der Waals surface area contributed by atoms with Gasteiger partial charge in [-0.15, -0.1) is 11.3 Å². The van der Waals surface area contributed by atoms with Crippen LogP contribution in [0, 0.1) is 11.3 Å². The SMILES string of the molecule is O=C(Cc1cscn1)N1C[C@H]2CN(C3CCOCC3)C[C@@]2(C(=O)O)C1. The molecule has 0 saturated carbocycles. The van der Waals surface area contributed by atoms with Crippen LogP contribution in [0.2, 0.25) is 0 Å². The van der Waals surface area contributed by atoms with Crippen LogP contribution in [0.15, 0.2) is 10.9 Å². The van der Waals surface area contributed by atoms with Crippen molar-refractivity contribution in [1.82, 2.24) is 14.8 Å². The molecular weight excluding hydrogens is 342 g/mol. The van der Waals surface area contributed by atoms with Gasteiger partial charge in [0.2, 0.25) is 5.91 Å². The van der Waals surface area contributed by atoms with Crippen molar-refractivity contribution in [3.8, 4) is 0 Å². The van der Waals surface area contributed by atoms with Gasteiger partial charge in [-0.25, -0.2) is 4.98 Å². The number of likely N-dealkylation sites (tertiary alicyclic amines) is 2. The zero-order valence-electron chi connectivity index (χ0n) is 14.1. The number of aromatic nitrogens is 1. The number of carbonyl (C=O) groups is 2. The lowest BCUT2D eigenvalue weighted by Gasteiger charge is -2.33. The van der Waals surface area contributed by atoms with E-state index in [9.17, 15) is 14.7 Å². The van der Waals surface area contributed by atoms with Crippen molar-refractivity contribution in [2.45, 2.75) is 25.3 Å². The lowest BCUT2D eigenvalue weighted by atomic mass is 9.81. The summed E-state index contributed by atoms with van der Waals surface area (Å²) in [5, 5.41) is 11.8. The van der Waals surface area contributed by atoms with Crippen LogP contribution in [-0.2, 0) is 20.7 Å². The van der Waals surface area contributed by atoms with Gasteiger partial charge in [0.25, 0.3) is 0 Å². The van der Waals surface area contributed by atoms with E-state index in [2.05, 4.69) is 9.88 Å². The highest BCUT2D eigenvalue weighted by Crippen LogP contribution is 2.44. The molecule has 4 heterocycles. The van der Waals surface area contributed by atoms with Crippen molar-refractivity contribution in [3.05, 3.63) is 16.6 Å². The quantitative estimate of drug-likeness (QED) is 0.846. The first-order chi connectivity index (χ1) is 12.1. The zero-order valence-corrected chi connectivity index (χ0v) is 14.9. The van der Waals surface area contributed by atoms with Gasteiger partial charge in [-0.05, 0) is 12.8 Å². The monoisotopic (exact) mass is 365 g/mol. The Hall–Kier alpha value is -1.51. The number of nitrogens with zero attached hydrogens (tertiary/aromatic N) is 3. The molecule has 25 heavy (non-hydrogen) atoms. The van der Waals surface area contributed by atoms with Gasteiger partial charge in [-0.1, -0.05) is 0 Å². The molecule has 0 bridgehead atoms. The Balaban J connectivity index is 1.45. The van der Waals surface area contributed by atoms with Gasteiger partial charge in [0, 0.05) is 56.7 Å². The number of hydrogen-bond acceptors (Lipinski definition) is 6. The summed E-state index contributed by atoms with van der Waals surface area (Å²) in [5.41, 5.74) is 1.65. The van der Waals surface area contributed by atoms with Crippen molar-refractivity contribution in [3.63, 3.8) is 0 Å². The van der Waals surface area contributed by atoms with E-state index >= 15 is 0 Å². The number of carboxylic acid groups (broad SMARTS) is 1. The maximum absolute atomic E-state index is 12.6. The van der Waals surface area contributed by atoms with Crippen LogP contribution in [-0.4, -0.2) is 77.2 Å². The van der Waals surface area contributed by atoms with Gasteiger partial charge in [0.05, 0.1) is 17.6 Å². The average molecular weight is 365 g/mol. The summed E-state index contributed by atoms with van der Waals surface area (Å²) < 4.78 is 5.42. The molecular formula is C17H23N3O4S. The molecule has 2 atom stereocenters. The minimum Gasteiger partial charge on any atom is -0.481 e. The second kappa shape index (κ2) is 6.66. The topological polar surface area (TPSA) is 83.0 Å². The molecule has 7 nitrogen and oxygen atoms in total. The van der Waals surface area contributed by atoms with Crippen molar-refractivity contribution in [2.75, 3.05) is 39.4 Å². The van der Waals surface area contributed by atoms with E-state index in [0.717, 1.165) is 38.3 Å². The predicted molar refractivity (Wildman–Crippen MR) is 91.4 cm³/mol. The first-order valence-electron chi connectivity index (χ1n) is 8.78. The summed E-state index contributed by atoms with van der Waals surface area (Å²) in [7, 11) is 0. The second-order valence-corrected chi connectivity index (χ2v) is 8.08. The van der Waals surface area contributed by atoms with E-state index < -0.39 is 11.4 Å². The Labute approximate surface area is 150 Å². The van der Waals surface area contributed by atoms with E-state index in [0.29, 0.717) is 25.7 Å². The van der Waals surface area contributed by atoms with Gasteiger partial charge in [0.1, 0.15) is 5.41 Å². The number of ether oxygens (including phenoxy) is 1. The molecule has 0 aromatic carbocycles. The number of amides is 1. The number of thiazole rings is 1. The Morgan fingerprint density at radius 1 is 1.32 bits per heavy atom. The fourth-order valence-corrected chi connectivity index (χ4v) is 5.07. The number of aliphatic carboxylic acids is 1. The second-order valence-electron chi connectivity index (χ2n) is 7.36. The standard InChI is InChI=1S/C17H23N3O4S/c21-15(5-13-8-25-11-18-13)20-7-12-6-19(14-1-3-24-4-2-14)9-17(12,10-20)16(22)23/h8,11-12,14H,1-7,9-10H2,(H,22,23)/t12-,17-/m1/s1. The molecule has 0 spiro atoms. The highest BCUT2D eigenvalue weighted by molar-refractivity contribution is 7.07. The number of carboxylic acids is 1. The van der Waals surface area contributed by atoms with Crippen LogP contribution in [0.25, 0.3) is 0 Å². The summed E-state index contributed by atoms with van der Waals surface area (Å²) in [6.07, 6.45) is 2.19. The summed E-state index contributed by atoms with van der Waals surface area (Å²) >= 11 is 1.47. The third-order valence-electron chi connectivity index (χ3n) is 5.94. The molecule has 3 aliphatic rings. The molecule has 1 N–H and O–H groups in total. The van der Waals surface area contributed by atoms with Crippen LogP contribution in [0.5, 0.6) is 0 Å². The summed E-state index contributed by atoms with van der Waals surface area (Å²) in [5.74, 6) is -0.776. The van der Waals surface area contributed by atoms with E-state index in [1.54, 1.807) is 10.4 Å². The maximum atomic E-state index is 12.6. The Morgan fingerprint density at radius 2 is 2.12 bits per heavy atom. The van der Waals surface area contributed by atoms with Crippen LogP contribution in [0.3, 0.4) is 0 Å². The lowest BCUT2D eigenvalue weighted by molar-refractivity contribution is -0.149. The molecule has 4 rings (SSSR count). The Morgan fingerprint density at radius 3 is 2.76 bits per heavy atom. The Kier molecular flexibility index (Phi) is 4.51. The molecule has 0 radical (unpaired) electrons. The molecule has 136 valence electrons. The molecule has 3 saturated heterocycles. The molecule has 8 heteroatoms. The molecule has 1 amide bonds. The van der Waals surface area contributed by atoms with Crippen molar-refractivity contribution < 1.29 is 19.4 Å². The highest BCUT2D eigenvalue weighted by Gasteiger charge is 2.59. The molecule has 3 aliphatic heterocycles. The van der Waals surface area contributed by atoms with Crippen LogP contribution in [0.4, 0.5) is 0 Å². The molecule has 1 aromatic rings. The Bertz CT molecular complexity index is 646. The van der Waals surface area contributed by atoms with Crippen LogP contribution in [0.1, 0.15) is 18.5 Å². The smallest absolute Gasteiger partial charge is 0.313 e. The average Bonchev–Trinajstić information content (AvgIpc) is 3.29. The lowest BCUT2D eigenvalue weighted by Crippen LogP contribution is -2.45. The molecule has 3 fully saturated rings. The van der Waals surface area contributed by atoms with Crippen LogP contribution < -0.4 is 0 Å². The zero-order chi connectivity index (χ0) is 17.4. The summed E-state index contributed by atoms with van der Waals surface area (Å²) in [6.45, 7) is 3.66. The minimum atomic E-state index is -0.823. The molecule has 0 unspecified atom stereocenters. The van der Waals surface area contributed by atoms with E-state index in [4.69, 9.17) is 4.74 Å². The number of fused-ring (bicyclic) bond motifs is 1. The molecule has 1 aromatic heterocycles. The van der Waals surface area contributed by atoms with E-state index in [-0.39, 0.29) is 18.2 Å². The maximum Gasteiger partial charge on any atom is 0.313 e. The van der Waals surface area contributed by atoms with Gasteiger partial charge in [-0.3, -0.25) is 14.5 Å². The van der Waals surface area contributed by atoms with Gasteiger partial charge < -0.3 is 14.7 Å². The largest absolute Gasteiger partial charge is 0.481 e. The first kappa shape index (κ1) is 16.9. The van der Waals surface area contributed by atoms with E-state index in [1.165, 1.54) is 11.3 Å². The normalized spacial score (nSPS) is 30.6. The van der Waals surface area contributed by atoms with Crippen molar-refractivity contribution in [1.29, 1.82) is 0 Å². The van der Waals surface area contributed by atoms with Crippen molar-refractivity contribution in [2.24, 2.45) is 11.3 Å². The van der Waals surface area contributed by atoms with Crippen molar-refractivity contribution >= 4 is 23.2 Å². The fraction of sp³-hybridized carbons (Fsp3) is 0.706. The fourth-order valence-electron chi connectivity index (χ4n) is 4.52.